The number of rotatable bonds is 5. The highest BCUT2D eigenvalue weighted by atomic mass is 16.4. The minimum absolute atomic E-state index is 0.315. The zero-order chi connectivity index (χ0) is 9.56. The van der Waals surface area contributed by atoms with Gasteiger partial charge in [0, 0.05) is 4.91 Å². The second-order valence-electron chi connectivity index (χ2n) is 2.34. The van der Waals surface area contributed by atoms with Gasteiger partial charge in [-0.15, -0.1) is 0 Å². The van der Waals surface area contributed by atoms with E-state index in [1.165, 1.54) is 0 Å². The quantitative estimate of drug-likeness (QED) is 0.366. The minimum Gasteiger partial charge on any atom is -0.481 e. The van der Waals surface area contributed by atoms with Crippen LogP contribution in [-0.4, -0.2) is 28.3 Å². The molecule has 2 atom stereocenters. The van der Waals surface area contributed by atoms with Gasteiger partial charge in [-0.3, -0.25) is 4.79 Å². The summed E-state index contributed by atoms with van der Waals surface area (Å²) in [5.74, 6) is -1.30. The van der Waals surface area contributed by atoms with Crippen LogP contribution in [0.1, 0.15) is 19.8 Å². The largest absolute Gasteiger partial charge is 0.481 e. The first-order valence-corrected chi connectivity index (χ1v) is 3.58. The average molecular weight is 173 g/mol. The number of hydrogen-bond donors (Lipinski definition) is 2. The molecule has 0 spiro atoms. The SMILES string of the molecule is CCC[C@H](O)[C@@H](N=[N+]=[N-])C(=O)O. The first-order chi connectivity index (χ1) is 5.63. The van der Waals surface area contributed by atoms with E-state index < -0.39 is 18.1 Å². The smallest absolute Gasteiger partial charge is 0.315 e. The van der Waals surface area contributed by atoms with Crippen molar-refractivity contribution < 1.29 is 15.0 Å². The number of azide groups is 1. The monoisotopic (exact) mass is 173 g/mol. The number of nitrogens with zero attached hydrogens (tertiary/aromatic N) is 3. The molecule has 6 nitrogen and oxygen atoms in total. The van der Waals surface area contributed by atoms with Crippen molar-refractivity contribution >= 4 is 5.97 Å². The van der Waals surface area contributed by atoms with Gasteiger partial charge in [0.15, 0.2) is 6.04 Å². The molecule has 0 aromatic rings. The molecule has 0 aliphatic carbocycles. The molecule has 0 rings (SSSR count). The fourth-order valence-corrected chi connectivity index (χ4v) is 0.800. The van der Waals surface area contributed by atoms with Crippen LogP contribution in [0.25, 0.3) is 10.4 Å². The third-order valence-corrected chi connectivity index (χ3v) is 1.38. The highest BCUT2D eigenvalue weighted by Crippen LogP contribution is 2.06. The summed E-state index contributed by atoms with van der Waals surface area (Å²) in [6.45, 7) is 1.80. The van der Waals surface area contributed by atoms with Crippen molar-refractivity contribution in [1.82, 2.24) is 0 Å². The van der Waals surface area contributed by atoms with Gasteiger partial charge in [-0.25, -0.2) is 0 Å². The van der Waals surface area contributed by atoms with Crippen LogP contribution in [0.5, 0.6) is 0 Å². The number of carboxylic acid groups (broad SMARTS) is 1. The lowest BCUT2D eigenvalue weighted by molar-refractivity contribution is -0.141. The van der Waals surface area contributed by atoms with Crippen molar-refractivity contribution in [3.63, 3.8) is 0 Å². The molecule has 0 fully saturated rings. The van der Waals surface area contributed by atoms with Crippen LogP contribution in [0.15, 0.2) is 5.11 Å². The summed E-state index contributed by atoms with van der Waals surface area (Å²) in [5, 5.41) is 20.6. The first kappa shape index (κ1) is 10.7. The van der Waals surface area contributed by atoms with Crippen molar-refractivity contribution in [2.75, 3.05) is 0 Å². The van der Waals surface area contributed by atoms with Crippen molar-refractivity contribution in [1.29, 1.82) is 0 Å². The van der Waals surface area contributed by atoms with Gasteiger partial charge in [0.05, 0.1) is 6.10 Å². The maximum absolute atomic E-state index is 10.4. The normalized spacial score (nSPS) is 14.5. The van der Waals surface area contributed by atoms with Crippen molar-refractivity contribution in [3.05, 3.63) is 10.4 Å². The molecule has 6 heteroatoms. The second-order valence-corrected chi connectivity index (χ2v) is 2.34. The van der Waals surface area contributed by atoms with E-state index in [0.717, 1.165) is 0 Å². The Kier molecular flexibility index (Phi) is 4.83. The third kappa shape index (κ3) is 3.23. The molecule has 0 saturated heterocycles. The lowest BCUT2D eigenvalue weighted by Gasteiger charge is -2.12. The highest BCUT2D eigenvalue weighted by molar-refractivity contribution is 5.74. The molecule has 68 valence electrons. The van der Waals surface area contributed by atoms with E-state index in [4.69, 9.17) is 15.7 Å². The van der Waals surface area contributed by atoms with Gasteiger partial charge in [-0.2, -0.15) is 0 Å². The Labute approximate surface area is 69.4 Å². The lowest BCUT2D eigenvalue weighted by Crippen LogP contribution is -2.31. The van der Waals surface area contributed by atoms with Crippen LogP contribution in [0.4, 0.5) is 0 Å². The van der Waals surface area contributed by atoms with Crippen LogP contribution in [0, 0.1) is 0 Å². The predicted octanol–water partition coefficient (Wildman–Crippen LogP) is 0.911. The molecule has 2 N–H and O–H groups in total. The molecule has 0 amide bonds. The Balaban J connectivity index is 4.28. The molecule has 0 radical (unpaired) electrons. The van der Waals surface area contributed by atoms with Gasteiger partial charge in [0.1, 0.15) is 0 Å². The fourth-order valence-electron chi connectivity index (χ4n) is 0.800. The summed E-state index contributed by atoms with van der Waals surface area (Å²) in [4.78, 5) is 12.7. The van der Waals surface area contributed by atoms with E-state index in [2.05, 4.69) is 10.0 Å². The summed E-state index contributed by atoms with van der Waals surface area (Å²) in [6.07, 6.45) is -0.134. The van der Waals surface area contributed by atoms with E-state index in [9.17, 15) is 4.79 Å². The topological polar surface area (TPSA) is 106 Å². The number of carboxylic acids is 1. The zero-order valence-electron chi connectivity index (χ0n) is 6.71. The molecule has 0 bridgehead atoms. The van der Waals surface area contributed by atoms with Crippen molar-refractivity contribution in [3.8, 4) is 0 Å². The second kappa shape index (κ2) is 5.40. The van der Waals surface area contributed by atoms with Gasteiger partial charge in [-0.1, -0.05) is 18.5 Å². The van der Waals surface area contributed by atoms with Gasteiger partial charge in [0.25, 0.3) is 0 Å². The Morgan fingerprint density at radius 1 is 1.75 bits per heavy atom. The van der Waals surface area contributed by atoms with Gasteiger partial charge < -0.3 is 10.2 Å². The molecule has 0 aromatic carbocycles. The molecule has 0 saturated carbocycles. The standard InChI is InChI=1S/C6H11N3O3/c1-2-3-4(10)5(6(11)12)8-9-7/h4-5,10H,2-3H2,1H3,(H,11,12)/t4-,5+/m0/s1. The molecule has 12 heavy (non-hydrogen) atoms. The van der Waals surface area contributed by atoms with Crippen LogP contribution < -0.4 is 0 Å². The van der Waals surface area contributed by atoms with Gasteiger partial charge >= 0.3 is 5.97 Å². The van der Waals surface area contributed by atoms with Crippen LogP contribution in [0.2, 0.25) is 0 Å². The number of hydrogen-bond acceptors (Lipinski definition) is 3. The van der Waals surface area contributed by atoms with Crippen LogP contribution in [0.3, 0.4) is 0 Å². The lowest BCUT2D eigenvalue weighted by atomic mass is 10.1. The Morgan fingerprint density at radius 2 is 2.33 bits per heavy atom. The maximum atomic E-state index is 10.4. The van der Waals surface area contributed by atoms with Gasteiger partial charge in [0.2, 0.25) is 0 Å². The van der Waals surface area contributed by atoms with E-state index in [-0.39, 0.29) is 0 Å². The predicted molar refractivity (Wildman–Crippen MR) is 41.5 cm³/mol. The average Bonchev–Trinajstić information content (AvgIpc) is 1.99. The van der Waals surface area contributed by atoms with E-state index in [1.807, 2.05) is 0 Å². The van der Waals surface area contributed by atoms with E-state index >= 15 is 0 Å². The van der Waals surface area contributed by atoms with Gasteiger partial charge in [-0.05, 0) is 12.0 Å². The van der Waals surface area contributed by atoms with Crippen molar-refractivity contribution in [2.24, 2.45) is 5.11 Å². The summed E-state index contributed by atoms with van der Waals surface area (Å²) < 4.78 is 0. The fraction of sp³-hybridized carbons (Fsp3) is 0.833. The molecular formula is C6H11N3O3. The van der Waals surface area contributed by atoms with E-state index in [1.54, 1.807) is 6.92 Å². The van der Waals surface area contributed by atoms with Crippen LogP contribution in [-0.2, 0) is 4.79 Å². The summed E-state index contributed by atoms with van der Waals surface area (Å²) in [5.41, 5.74) is 7.99. The summed E-state index contributed by atoms with van der Waals surface area (Å²) >= 11 is 0. The van der Waals surface area contributed by atoms with Crippen molar-refractivity contribution in [2.45, 2.75) is 31.9 Å². The summed E-state index contributed by atoms with van der Waals surface area (Å²) in [6, 6.07) is -1.37. The Morgan fingerprint density at radius 3 is 2.67 bits per heavy atom. The summed E-state index contributed by atoms with van der Waals surface area (Å²) in [7, 11) is 0. The molecule has 0 aliphatic rings. The molecule has 0 unspecified atom stereocenters. The molecule has 0 aromatic heterocycles. The number of aliphatic hydroxyl groups excluding tert-OH is 1. The Hall–Kier alpha value is -1.26. The van der Waals surface area contributed by atoms with Crippen LogP contribution >= 0.6 is 0 Å². The molecular weight excluding hydrogens is 162 g/mol. The molecule has 0 heterocycles. The third-order valence-electron chi connectivity index (χ3n) is 1.38. The maximum Gasteiger partial charge on any atom is 0.315 e. The first-order valence-electron chi connectivity index (χ1n) is 3.58. The number of aliphatic hydroxyl groups is 1. The number of aliphatic carboxylic acids is 1. The highest BCUT2D eigenvalue weighted by Gasteiger charge is 2.23. The number of carbonyl (C=O) groups is 1. The molecule has 0 aliphatic heterocycles. The zero-order valence-corrected chi connectivity index (χ0v) is 6.71. The Bertz CT molecular complexity index is 198. The minimum atomic E-state index is -1.37. The van der Waals surface area contributed by atoms with E-state index in [0.29, 0.717) is 12.8 Å².